The van der Waals surface area contributed by atoms with Crippen LogP contribution in [0.5, 0.6) is 0 Å². The Morgan fingerprint density at radius 2 is 1.76 bits per heavy atom. The first-order chi connectivity index (χ1) is 13.7. The van der Waals surface area contributed by atoms with E-state index in [1.54, 1.807) is 24.4 Å². The maximum Gasteiger partial charge on any atom is 0.340 e. The number of nitrogens with zero attached hydrogens (tertiary/aromatic N) is 3. The number of nitrogens with two attached hydrogens (primary N) is 2. The topological polar surface area (TPSA) is 145 Å². The number of sulfonamides is 1. The molecule has 0 aliphatic carbocycles. The summed E-state index contributed by atoms with van der Waals surface area (Å²) in [6, 6.07) is 14.2. The van der Waals surface area contributed by atoms with Gasteiger partial charge in [-0.25, -0.2) is 23.0 Å². The molecule has 0 aliphatic heterocycles. The average Bonchev–Trinajstić information content (AvgIpc) is 3.13. The van der Waals surface area contributed by atoms with Crippen LogP contribution in [-0.4, -0.2) is 34.5 Å². The molecule has 150 valence electrons. The van der Waals surface area contributed by atoms with Crippen LogP contribution in [0.2, 0.25) is 0 Å². The summed E-state index contributed by atoms with van der Waals surface area (Å²) in [6.07, 6.45) is 1.72. The van der Waals surface area contributed by atoms with E-state index >= 15 is 0 Å². The van der Waals surface area contributed by atoms with Gasteiger partial charge in [0.1, 0.15) is 5.69 Å². The van der Waals surface area contributed by atoms with E-state index in [1.807, 2.05) is 30.3 Å². The number of rotatable bonds is 6. The predicted octanol–water partition coefficient (Wildman–Crippen LogP) is 2.32. The Bertz CT molecular complexity index is 1160. The molecule has 3 aromatic rings. The number of aromatic nitrogens is 2. The molecule has 10 heteroatoms. The van der Waals surface area contributed by atoms with Crippen molar-refractivity contribution in [3.05, 3.63) is 73.4 Å². The number of benzene rings is 2. The van der Waals surface area contributed by atoms with Crippen LogP contribution in [0.15, 0.2) is 78.3 Å². The van der Waals surface area contributed by atoms with E-state index < -0.39 is 22.2 Å². The number of hydroxylamine groups is 2. The second-order valence-corrected chi connectivity index (χ2v) is 7.64. The number of hydrogen-bond acceptors (Lipinski definition) is 5. The number of primary sulfonamides is 1. The molecule has 0 bridgehead atoms. The van der Waals surface area contributed by atoms with Gasteiger partial charge in [-0.1, -0.05) is 55.1 Å². The molecule has 1 atom stereocenters. The molecular formula is C19H19N5O4S. The fourth-order valence-corrected chi connectivity index (χ4v) is 3.66. The Morgan fingerprint density at radius 3 is 2.34 bits per heavy atom. The second kappa shape index (κ2) is 7.87. The molecular weight excluding hydrogens is 394 g/mol. The van der Waals surface area contributed by atoms with Crippen molar-refractivity contribution in [2.24, 2.45) is 10.9 Å². The minimum atomic E-state index is -4.03. The Hall–Kier alpha value is -3.47. The van der Waals surface area contributed by atoms with E-state index in [0.29, 0.717) is 11.3 Å². The molecule has 2 amide bonds. The minimum absolute atomic E-state index is 0.103. The van der Waals surface area contributed by atoms with E-state index in [4.69, 9.17) is 10.9 Å². The first-order valence-corrected chi connectivity index (χ1v) is 9.95. The van der Waals surface area contributed by atoms with Crippen LogP contribution in [0.4, 0.5) is 4.79 Å². The standard InChI is InChI=1S/C19H19N5O4S/c1-2-17(24(26)19(20)25)23-12-15(13-8-4-3-5-9-13)18(22-23)14-10-6-7-11-16(14)29(21,27)28/h2-12,17,26H,1H2,(H2,20,25)(H2,21,27,28). The van der Waals surface area contributed by atoms with Crippen LogP contribution in [-0.2, 0) is 10.0 Å². The highest BCUT2D eigenvalue weighted by Crippen LogP contribution is 2.35. The smallest absolute Gasteiger partial charge is 0.340 e. The fraction of sp³-hybridized carbons (Fsp3) is 0.0526. The predicted molar refractivity (Wildman–Crippen MR) is 107 cm³/mol. The Labute approximate surface area is 167 Å². The summed E-state index contributed by atoms with van der Waals surface area (Å²) in [5.41, 5.74) is 7.03. The maximum atomic E-state index is 12.1. The molecule has 0 radical (unpaired) electrons. The van der Waals surface area contributed by atoms with Gasteiger partial charge in [0, 0.05) is 17.3 Å². The molecule has 0 fully saturated rings. The lowest BCUT2D eigenvalue weighted by Gasteiger charge is -2.21. The summed E-state index contributed by atoms with van der Waals surface area (Å²) in [5, 5.41) is 20.0. The highest BCUT2D eigenvalue weighted by Gasteiger charge is 2.25. The van der Waals surface area contributed by atoms with Gasteiger partial charge >= 0.3 is 6.03 Å². The van der Waals surface area contributed by atoms with Crippen molar-refractivity contribution in [3.63, 3.8) is 0 Å². The van der Waals surface area contributed by atoms with Gasteiger partial charge in [-0.2, -0.15) is 10.2 Å². The molecule has 0 aliphatic rings. The van der Waals surface area contributed by atoms with Crippen molar-refractivity contribution in [2.45, 2.75) is 11.1 Å². The van der Waals surface area contributed by atoms with Gasteiger partial charge in [0.05, 0.1) is 4.90 Å². The summed E-state index contributed by atoms with van der Waals surface area (Å²) in [4.78, 5) is 11.3. The van der Waals surface area contributed by atoms with Crippen LogP contribution in [0.3, 0.4) is 0 Å². The van der Waals surface area contributed by atoms with Crippen LogP contribution in [0, 0.1) is 0 Å². The van der Waals surface area contributed by atoms with Gasteiger partial charge in [0.2, 0.25) is 10.0 Å². The van der Waals surface area contributed by atoms with E-state index in [9.17, 15) is 18.4 Å². The van der Waals surface area contributed by atoms with Gasteiger partial charge < -0.3 is 5.73 Å². The second-order valence-electron chi connectivity index (χ2n) is 6.11. The number of primary amides is 1. The number of carbonyl (C=O) groups is 1. The third-order valence-corrected chi connectivity index (χ3v) is 5.19. The summed E-state index contributed by atoms with van der Waals surface area (Å²) < 4.78 is 25.4. The summed E-state index contributed by atoms with van der Waals surface area (Å²) in [5.74, 6) is 0. The van der Waals surface area contributed by atoms with Crippen molar-refractivity contribution in [3.8, 4) is 22.4 Å². The molecule has 9 nitrogen and oxygen atoms in total. The Balaban J connectivity index is 2.29. The first-order valence-electron chi connectivity index (χ1n) is 8.41. The molecule has 1 heterocycles. The third-order valence-electron chi connectivity index (χ3n) is 4.22. The zero-order valence-corrected chi connectivity index (χ0v) is 16.0. The highest BCUT2D eigenvalue weighted by atomic mass is 32.2. The molecule has 0 saturated carbocycles. The Kier molecular flexibility index (Phi) is 5.50. The third kappa shape index (κ3) is 4.04. The largest absolute Gasteiger partial charge is 0.350 e. The first kappa shape index (κ1) is 20.3. The van der Waals surface area contributed by atoms with Crippen molar-refractivity contribution in [2.75, 3.05) is 0 Å². The zero-order valence-electron chi connectivity index (χ0n) is 15.2. The van der Waals surface area contributed by atoms with Crippen molar-refractivity contribution in [1.82, 2.24) is 14.8 Å². The summed E-state index contributed by atoms with van der Waals surface area (Å²) in [7, 11) is -4.03. The van der Waals surface area contributed by atoms with Gasteiger partial charge in [0.25, 0.3) is 0 Å². The van der Waals surface area contributed by atoms with E-state index in [1.165, 1.54) is 16.8 Å². The lowest BCUT2D eigenvalue weighted by Crippen LogP contribution is -2.38. The monoisotopic (exact) mass is 413 g/mol. The molecule has 0 saturated heterocycles. The van der Waals surface area contributed by atoms with E-state index in [2.05, 4.69) is 11.7 Å². The molecule has 5 N–H and O–H groups in total. The van der Waals surface area contributed by atoms with Crippen molar-refractivity contribution < 1.29 is 18.4 Å². The van der Waals surface area contributed by atoms with Crippen LogP contribution >= 0.6 is 0 Å². The molecule has 1 aromatic heterocycles. The van der Waals surface area contributed by atoms with E-state index in [0.717, 1.165) is 5.56 Å². The number of hydrogen-bond donors (Lipinski definition) is 3. The lowest BCUT2D eigenvalue weighted by molar-refractivity contribution is -0.0860. The minimum Gasteiger partial charge on any atom is -0.350 e. The zero-order chi connectivity index (χ0) is 21.2. The Morgan fingerprint density at radius 1 is 1.14 bits per heavy atom. The molecule has 1 unspecified atom stereocenters. The number of urea groups is 1. The van der Waals surface area contributed by atoms with Gasteiger partial charge in [-0.15, -0.1) is 0 Å². The fourth-order valence-electron chi connectivity index (χ4n) is 2.92. The average molecular weight is 413 g/mol. The van der Waals surface area contributed by atoms with Gasteiger partial charge in [-0.05, 0) is 17.7 Å². The van der Waals surface area contributed by atoms with Crippen LogP contribution < -0.4 is 10.9 Å². The molecule has 29 heavy (non-hydrogen) atoms. The highest BCUT2D eigenvalue weighted by molar-refractivity contribution is 7.89. The van der Waals surface area contributed by atoms with Crippen molar-refractivity contribution in [1.29, 1.82) is 0 Å². The van der Waals surface area contributed by atoms with Gasteiger partial charge in [0.15, 0.2) is 6.17 Å². The quantitative estimate of drug-likeness (QED) is 0.323. The SMILES string of the molecule is C=CC(N(O)C(N)=O)n1cc(-c2ccccc2)c(-c2ccccc2S(N)(=O)=O)n1. The lowest BCUT2D eigenvalue weighted by atomic mass is 10.0. The van der Waals surface area contributed by atoms with Crippen LogP contribution in [0.25, 0.3) is 22.4 Å². The molecule has 0 spiro atoms. The molecule has 2 aromatic carbocycles. The van der Waals surface area contributed by atoms with Crippen molar-refractivity contribution >= 4 is 16.1 Å². The van der Waals surface area contributed by atoms with E-state index in [-0.39, 0.29) is 15.5 Å². The summed E-state index contributed by atoms with van der Waals surface area (Å²) >= 11 is 0. The summed E-state index contributed by atoms with van der Waals surface area (Å²) in [6.45, 7) is 3.60. The van der Waals surface area contributed by atoms with Crippen LogP contribution in [0.1, 0.15) is 6.17 Å². The van der Waals surface area contributed by atoms with Gasteiger partial charge in [-0.3, -0.25) is 5.21 Å². The molecule has 3 rings (SSSR count). The number of amides is 2. The normalized spacial score (nSPS) is 12.3. The maximum absolute atomic E-state index is 12.1. The number of carbonyl (C=O) groups excluding carboxylic acids is 1.